The van der Waals surface area contributed by atoms with E-state index in [1.54, 1.807) is 12.6 Å². The molecule has 1 aliphatic heterocycles. The first kappa shape index (κ1) is 15.8. The summed E-state index contributed by atoms with van der Waals surface area (Å²) in [6, 6.07) is 4.21. The normalized spacial score (nSPS) is 21.7. The van der Waals surface area contributed by atoms with Gasteiger partial charge in [-0.25, -0.2) is 9.97 Å². The molecule has 2 unspecified atom stereocenters. The number of fused-ring (bicyclic) bond motifs is 3. The standard InChI is InChI=1S/C19H20N4O2S/c1-11-15-17(20-8-14-3-2-6-25-14)21-10-22-18(15)26-16(11)19(24)23-9-12-4-5-13(23)7-12/h2-3,6,10,12-13H,4-5,7-9H2,1H3,(H,20,21,22). The van der Waals surface area contributed by atoms with Gasteiger partial charge in [0.2, 0.25) is 0 Å². The van der Waals surface area contributed by atoms with E-state index in [9.17, 15) is 4.79 Å². The topological polar surface area (TPSA) is 71.3 Å². The first-order chi connectivity index (χ1) is 12.7. The largest absolute Gasteiger partial charge is 0.467 e. The summed E-state index contributed by atoms with van der Waals surface area (Å²) in [6.07, 6.45) is 6.80. The molecule has 4 heterocycles. The maximum Gasteiger partial charge on any atom is 0.264 e. The van der Waals surface area contributed by atoms with Gasteiger partial charge >= 0.3 is 0 Å². The van der Waals surface area contributed by atoms with Crippen LogP contribution in [0.3, 0.4) is 0 Å². The quantitative estimate of drug-likeness (QED) is 0.758. The second kappa shape index (κ2) is 6.09. The van der Waals surface area contributed by atoms with E-state index in [1.807, 2.05) is 19.1 Å². The maximum atomic E-state index is 13.1. The van der Waals surface area contributed by atoms with Crippen LogP contribution in [0.5, 0.6) is 0 Å². The number of piperidine rings is 1. The van der Waals surface area contributed by atoms with E-state index in [0.29, 0.717) is 18.5 Å². The van der Waals surface area contributed by atoms with Crippen molar-refractivity contribution in [2.24, 2.45) is 5.92 Å². The average molecular weight is 368 g/mol. The van der Waals surface area contributed by atoms with E-state index in [0.717, 1.165) is 45.2 Å². The minimum absolute atomic E-state index is 0.162. The molecule has 7 heteroatoms. The van der Waals surface area contributed by atoms with E-state index in [-0.39, 0.29) is 5.91 Å². The monoisotopic (exact) mass is 368 g/mol. The van der Waals surface area contributed by atoms with Gasteiger partial charge < -0.3 is 14.6 Å². The van der Waals surface area contributed by atoms with Gasteiger partial charge in [-0.15, -0.1) is 11.3 Å². The van der Waals surface area contributed by atoms with Crippen LogP contribution in [0.2, 0.25) is 0 Å². The predicted octanol–water partition coefficient (Wildman–Crippen LogP) is 3.83. The number of thiophene rings is 1. The zero-order valence-corrected chi connectivity index (χ0v) is 15.4. The molecule has 2 bridgehead atoms. The lowest BCUT2D eigenvalue weighted by Gasteiger charge is -2.26. The number of hydrogen-bond acceptors (Lipinski definition) is 6. The number of carbonyl (C=O) groups is 1. The Morgan fingerprint density at radius 1 is 1.42 bits per heavy atom. The molecular formula is C19H20N4O2S. The number of furan rings is 1. The number of nitrogens with zero attached hydrogens (tertiary/aromatic N) is 3. The molecule has 1 saturated heterocycles. The van der Waals surface area contributed by atoms with Gasteiger partial charge in [-0.3, -0.25) is 4.79 Å². The summed E-state index contributed by atoms with van der Waals surface area (Å²) >= 11 is 1.48. The Balaban J connectivity index is 1.47. The number of nitrogens with one attached hydrogen (secondary N) is 1. The van der Waals surface area contributed by atoms with Crippen molar-refractivity contribution in [2.75, 3.05) is 11.9 Å². The Labute approximate surface area is 155 Å². The summed E-state index contributed by atoms with van der Waals surface area (Å²) in [7, 11) is 0. The van der Waals surface area contributed by atoms with Crippen molar-refractivity contribution in [3.8, 4) is 0 Å². The van der Waals surface area contributed by atoms with E-state index in [1.165, 1.54) is 24.2 Å². The lowest BCUT2D eigenvalue weighted by Crippen LogP contribution is -2.37. The average Bonchev–Trinajstić information content (AvgIpc) is 3.44. The number of hydrogen-bond donors (Lipinski definition) is 1. The Hall–Kier alpha value is -2.41. The van der Waals surface area contributed by atoms with Crippen LogP contribution in [-0.4, -0.2) is 33.4 Å². The molecule has 1 N–H and O–H groups in total. The second-order valence-electron chi connectivity index (χ2n) is 7.18. The molecule has 5 rings (SSSR count). The summed E-state index contributed by atoms with van der Waals surface area (Å²) in [5, 5.41) is 4.26. The molecule has 3 aromatic heterocycles. The number of likely N-dealkylation sites (tertiary alicyclic amines) is 1. The number of rotatable bonds is 4. The summed E-state index contributed by atoms with van der Waals surface area (Å²) in [4.78, 5) is 25.7. The Kier molecular flexibility index (Phi) is 3.70. The minimum Gasteiger partial charge on any atom is -0.467 e. The highest BCUT2D eigenvalue weighted by Gasteiger charge is 2.41. The van der Waals surface area contributed by atoms with Crippen molar-refractivity contribution in [3.63, 3.8) is 0 Å². The lowest BCUT2D eigenvalue weighted by atomic mass is 10.1. The van der Waals surface area contributed by atoms with Crippen LogP contribution in [0.15, 0.2) is 29.1 Å². The van der Waals surface area contributed by atoms with Gasteiger partial charge in [-0.2, -0.15) is 0 Å². The van der Waals surface area contributed by atoms with Gasteiger partial charge in [-0.1, -0.05) is 0 Å². The molecule has 0 radical (unpaired) electrons. The second-order valence-corrected chi connectivity index (χ2v) is 8.18. The highest BCUT2D eigenvalue weighted by atomic mass is 32.1. The SMILES string of the molecule is Cc1c(C(=O)N2CC3CCC2C3)sc2ncnc(NCc3ccco3)c12. The van der Waals surface area contributed by atoms with Crippen molar-refractivity contribution in [3.05, 3.63) is 40.9 Å². The molecule has 1 amide bonds. The van der Waals surface area contributed by atoms with Crippen LogP contribution in [0, 0.1) is 12.8 Å². The molecule has 2 aliphatic rings. The fourth-order valence-corrected chi connectivity index (χ4v) is 5.40. The third-order valence-corrected chi connectivity index (χ3v) is 6.79. The van der Waals surface area contributed by atoms with Gasteiger partial charge in [0.25, 0.3) is 5.91 Å². The van der Waals surface area contributed by atoms with E-state index in [4.69, 9.17) is 4.42 Å². The fourth-order valence-electron chi connectivity index (χ4n) is 4.30. The van der Waals surface area contributed by atoms with Crippen LogP contribution in [0.25, 0.3) is 10.2 Å². The Morgan fingerprint density at radius 3 is 3.08 bits per heavy atom. The third-order valence-electron chi connectivity index (χ3n) is 5.60. The van der Waals surface area contributed by atoms with Crippen molar-refractivity contribution in [1.82, 2.24) is 14.9 Å². The van der Waals surface area contributed by atoms with Crippen molar-refractivity contribution in [1.29, 1.82) is 0 Å². The molecule has 2 fully saturated rings. The van der Waals surface area contributed by atoms with E-state index >= 15 is 0 Å². The van der Waals surface area contributed by atoms with Crippen molar-refractivity contribution in [2.45, 2.75) is 38.8 Å². The molecule has 2 atom stereocenters. The van der Waals surface area contributed by atoms with Crippen LogP contribution < -0.4 is 5.32 Å². The van der Waals surface area contributed by atoms with E-state index in [2.05, 4.69) is 20.2 Å². The number of aryl methyl sites for hydroxylation is 1. The molecule has 26 heavy (non-hydrogen) atoms. The smallest absolute Gasteiger partial charge is 0.264 e. The van der Waals surface area contributed by atoms with Crippen molar-refractivity contribution >= 4 is 33.3 Å². The van der Waals surface area contributed by atoms with Gasteiger partial charge in [0.1, 0.15) is 22.7 Å². The number of carbonyl (C=O) groups excluding carboxylic acids is 1. The molecular weight excluding hydrogens is 348 g/mol. The molecule has 3 aromatic rings. The first-order valence-electron chi connectivity index (χ1n) is 9.02. The zero-order valence-electron chi connectivity index (χ0n) is 14.6. The van der Waals surface area contributed by atoms with Gasteiger partial charge in [-0.05, 0) is 49.8 Å². The molecule has 0 aromatic carbocycles. The molecule has 0 spiro atoms. The molecule has 134 valence electrons. The highest BCUT2D eigenvalue weighted by molar-refractivity contribution is 7.20. The Bertz CT molecular complexity index is 965. The van der Waals surface area contributed by atoms with Crippen LogP contribution in [-0.2, 0) is 6.54 Å². The van der Waals surface area contributed by atoms with Gasteiger partial charge in [0.15, 0.2) is 0 Å². The van der Waals surface area contributed by atoms with Crippen LogP contribution in [0.4, 0.5) is 5.82 Å². The minimum atomic E-state index is 0.162. The Morgan fingerprint density at radius 2 is 2.35 bits per heavy atom. The summed E-state index contributed by atoms with van der Waals surface area (Å²) < 4.78 is 5.37. The van der Waals surface area contributed by atoms with E-state index < -0.39 is 0 Å². The van der Waals surface area contributed by atoms with Gasteiger partial charge in [0, 0.05) is 12.6 Å². The van der Waals surface area contributed by atoms with Crippen molar-refractivity contribution < 1.29 is 9.21 Å². The summed E-state index contributed by atoms with van der Waals surface area (Å²) in [5.41, 5.74) is 0.973. The molecule has 6 nitrogen and oxygen atoms in total. The van der Waals surface area contributed by atoms with Crippen LogP contribution >= 0.6 is 11.3 Å². The molecule has 1 aliphatic carbocycles. The summed E-state index contributed by atoms with van der Waals surface area (Å²) in [6.45, 7) is 3.46. The zero-order chi connectivity index (χ0) is 17.7. The third kappa shape index (κ3) is 2.49. The van der Waals surface area contributed by atoms with Gasteiger partial charge in [0.05, 0.1) is 23.1 Å². The fraction of sp³-hybridized carbons (Fsp3) is 0.421. The van der Waals surface area contributed by atoms with Crippen LogP contribution in [0.1, 0.15) is 40.3 Å². The summed E-state index contributed by atoms with van der Waals surface area (Å²) in [5.74, 6) is 2.45. The number of anilines is 1. The maximum absolute atomic E-state index is 13.1. The first-order valence-corrected chi connectivity index (χ1v) is 9.83. The molecule has 1 saturated carbocycles. The predicted molar refractivity (Wildman–Crippen MR) is 100 cm³/mol. The number of amides is 1. The number of aromatic nitrogens is 2. The lowest BCUT2D eigenvalue weighted by molar-refractivity contribution is 0.0708. The highest BCUT2D eigenvalue weighted by Crippen LogP contribution is 2.40.